The van der Waals surface area contributed by atoms with Crippen molar-refractivity contribution in [1.29, 1.82) is 0 Å². The molecule has 2 aromatic rings. The molecule has 2 rings (SSSR count). The van der Waals surface area contributed by atoms with E-state index in [0.29, 0.717) is 6.54 Å². The lowest BCUT2D eigenvalue weighted by Crippen LogP contribution is -2.37. The molecule has 4 nitrogen and oxygen atoms in total. The number of aryl methyl sites for hydroxylation is 1. The lowest BCUT2D eigenvalue weighted by Gasteiger charge is -2.14. The second kappa shape index (κ2) is 6.82. The number of hydrogen-bond acceptors (Lipinski definition) is 3. The number of aromatic nitrogens is 1. The van der Waals surface area contributed by atoms with Crippen molar-refractivity contribution in [2.45, 2.75) is 26.4 Å². The average molecular weight is 269 g/mol. The van der Waals surface area contributed by atoms with Gasteiger partial charge in [0, 0.05) is 24.6 Å². The smallest absolute Gasteiger partial charge is 0.241 e. The summed E-state index contributed by atoms with van der Waals surface area (Å²) in [5.41, 5.74) is 3.10. The number of carbonyl (C=O) groups is 1. The van der Waals surface area contributed by atoms with Gasteiger partial charge in [0.1, 0.15) is 0 Å². The topological polar surface area (TPSA) is 54.0 Å². The predicted octanol–water partition coefficient (Wildman–Crippen LogP) is 2.51. The molecular formula is C16H19N3O. The zero-order chi connectivity index (χ0) is 14.4. The van der Waals surface area contributed by atoms with E-state index in [1.54, 1.807) is 12.4 Å². The van der Waals surface area contributed by atoms with Crippen molar-refractivity contribution < 1.29 is 4.79 Å². The number of rotatable bonds is 5. The molecule has 0 saturated carbocycles. The molecule has 104 valence electrons. The van der Waals surface area contributed by atoms with E-state index < -0.39 is 0 Å². The summed E-state index contributed by atoms with van der Waals surface area (Å²) in [6.45, 7) is 4.51. The van der Waals surface area contributed by atoms with Crippen molar-refractivity contribution >= 4 is 11.6 Å². The highest BCUT2D eigenvalue weighted by atomic mass is 16.2. The lowest BCUT2D eigenvalue weighted by atomic mass is 10.2. The van der Waals surface area contributed by atoms with Gasteiger partial charge in [-0.3, -0.25) is 9.78 Å². The van der Waals surface area contributed by atoms with Crippen LogP contribution in [0.5, 0.6) is 0 Å². The van der Waals surface area contributed by atoms with Crippen molar-refractivity contribution in [1.82, 2.24) is 10.3 Å². The minimum absolute atomic E-state index is 0.0390. The second-order valence-corrected chi connectivity index (χ2v) is 4.81. The monoisotopic (exact) mass is 269 g/mol. The molecule has 1 aromatic heterocycles. The third-order valence-electron chi connectivity index (χ3n) is 3.07. The van der Waals surface area contributed by atoms with Crippen molar-refractivity contribution in [3.8, 4) is 0 Å². The lowest BCUT2D eigenvalue weighted by molar-refractivity contribution is -0.117. The Kier molecular flexibility index (Phi) is 4.85. The van der Waals surface area contributed by atoms with E-state index in [2.05, 4.69) is 15.6 Å². The number of pyridine rings is 1. The van der Waals surface area contributed by atoms with Crippen LogP contribution in [-0.4, -0.2) is 16.9 Å². The van der Waals surface area contributed by atoms with Crippen LogP contribution in [0.1, 0.15) is 18.1 Å². The fourth-order valence-electron chi connectivity index (χ4n) is 1.75. The van der Waals surface area contributed by atoms with Crippen molar-refractivity contribution in [3.05, 3.63) is 59.9 Å². The van der Waals surface area contributed by atoms with Gasteiger partial charge in [-0.05, 0) is 43.7 Å². The zero-order valence-electron chi connectivity index (χ0n) is 11.8. The molecule has 1 atom stereocenters. The molecule has 0 aliphatic carbocycles. The molecule has 1 unspecified atom stereocenters. The molecule has 20 heavy (non-hydrogen) atoms. The quantitative estimate of drug-likeness (QED) is 0.877. The van der Waals surface area contributed by atoms with Crippen molar-refractivity contribution in [3.63, 3.8) is 0 Å². The summed E-state index contributed by atoms with van der Waals surface area (Å²) >= 11 is 0. The number of benzene rings is 1. The first-order chi connectivity index (χ1) is 9.65. The fourth-order valence-corrected chi connectivity index (χ4v) is 1.75. The number of amides is 1. The van der Waals surface area contributed by atoms with E-state index in [1.807, 2.05) is 50.2 Å². The SMILES string of the molecule is Cc1ccc(NC(=O)C(C)NCc2ccncc2)cc1. The summed E-state index contributed by atoms with van der Waals surface area (Å²) in [6, 6.07) is 11.4. The molecule has 0 radical (unpaired) electrons. The van der Waals surface area contributed by atoms with Crippen LogP contribution in [0.15, 0.2) is 48.8 Å². The second-order valence-electron chi connectivity index (χ2n) is 4.81. The maximum atomic E-state index is 12.0. The standard InChI is InChI=1S/C16H19N3O/c1-12-3-5-15(6-4-12)19-16(20)13(2)18-11-14-7-9-17-10-8-14/h3-10,13,18H,11H2,1-2H3,(H,19,20). The minimum Gasteiger partial charge on any atom is -0.325 e. The van der Waals surface area contributed by atoms with Crippen LogP contribution in [0, 0.1) is 6.92 Å². The van der Waals surface area contributed by atoms with Gasteiger partial charge in [0.2, 0.25) is 5.91 Å². The van der Waals surface area contributed by atoms with Crippen LogP contribution in [0.4, 0.5) is 5.69 Å². The van der Waals surface area contributed by atoms with E-state index in [1.165, 1.54) is 5.56 Å². The Hall–Kier alpha value is -2.20. The predicted molar refractivity (Wildman–Crippen MR) is 80.3 cm³/mol. The summed E-state index contributed by atoms with van der Waals surface area (Å²) in [7, 11) is 0. The van der Waals surface area contributed by atoms with Crippen molar-refractivity contribution in [2.24, 2.45) is 0 Å². The van der Waals surface area contributed by atoms with Crippen LogP contribution in [0.2, 0.25) is 0 Å². The van der Waals surface area contributed by atoms with E-state index in [0.717, 1.165) is 11.3 Å². The number of carbonyl (C=O) groups excluding carboxylic acids is 1. The van der Waals surface area contributed by atoms with E-state index >= 15 is 0 Å². The first-order valence-corrected chi connectivity index (χ1v) is 6.65. The first kappa shape index (κ1) is 14.2. The highest BCUT2D eigenvalue weighted by Gasteiger charge is 2.12. The Morgan fingerprint density at radius 2 is 1.80 bits per heavy atom. The molecule has 0 bridgehead atoms. The number of hydrogen-bond donors (Lipinski definition) is 2. The van der Waals surface area contributed by atoms with E-state index in [4.69, 9.17) is 0 Å². The van der Waals surface area contributed by atoms with Gasteiger partial charge < -0.3 is 10.6 Å². The van der Waals surface area contributed by atoms with Crippen molar-refractivity contribution in [2.75, 3.05) is 5.32 Å². The molecule has 0 saturated heterocycles. The molecule has 0 fully saturated rings. The molecule has 1 heterocycles. The van der Waals surface area contributed by atoms with Crippen LogP contribution in [0.25, 0.3) is 0 Å². The first-order valence-electron chi connectivity index (χ1n) is 6.65. The maximum Gasteiger partial charge on any atom is 0.241 e. The van der Waals surface area contributed by atoms with Gasteiger partial charge in [0.15, 0.2) is 0 Å². The molecular weight excluding hydrogens is 250 g/mol. The molecule has 1 aromatic carbocycles. The molecule has 0 spiro atoms. The number of nitrogens with zero attached hydrogens (tertiary/aromatic N) is 1. The Morgan fingerprint density at radius 3 is 2.45 bits per heavy atom. The van der Waals surface area contributed by atoms with Gasteiger partial charge in [-0.25, -0.2) is 0 Å². The maximum absolute atomic E-state index is 12.0. The van der Waals surface area contributed by atoms with Crippen LogP contribution < -0.4 is 10.6 Å². The molecule has 1 amide bonds. The Labute approximate surface area is 119 Å². The molecule has 2 N–H and O–H groups in total. The van der Waals surface area contributed by atoms with Gasteiger partial charge in [-0.2, -0.15) is 0 Å². The van der Waals surface area contributed by atoms with Crippen LogP contribution in [0.3, 0.4) is 0 Å². The minimum atomic E-state index is -0.260. The van der Waals surface area contributed by atoms with E-state index in [9.17, 15) is 4.79 Å². The summed E-state index contributed by atoms with van der Waals surface area (Å²) < 4.78 is 0. The highest BCUT2D eigenvalue weighted by molar-refractivity contribution is 5.94. The summed E-state index contributed by atoms with van der Waals surface area (Å²) in [5, 5.41) is 6.08. The van der Waals surface area contributed by atoms with Gasteiger partial charge in [0.25, 0.3) is 0 Å². The Morgan fingerprint density at radius 1 is 1.15 bits per heavy atom. The van der Waals surface area contributed by atoms with Gasteiger partial charge >= 0.3 is 0 Å². The number of anilines is 1. The Bertz CT molecular complexity index is 552. The van der Waals surface area contributed by atoms with Crippen LogP contribution >= 0.6 is 0 Å². The Balaban J connectivity index is 1.84. The normalized spacial score (nSPS) is 11.9. The van der Waals surface area contributed by atoms with Gasteiger partial charge in [0.05, 0.1) is 6.04 Å². The zero-order valence-corrected chi connectivity index (χ0v) is 11.8. The fraction of sp³-hybridized carbons (Fsp3) is 0.250. The third kappa shape index (κ3) is 4.17. The van der Waals surface area contributed by atoms with Gasteiger partial charge in [-0.15, -0.1) is 0 Å². The average Bonchev–Trinajstić information content (AvgIpc) is 2.48. The summed E-state index contributed by atoms with van der Waals surface area (Å²) in [5.74, 6) is -0.0390. The van der Waals surface area contributed by atoms with Gasteiger partial charge in [-0.1, -0.05) is 17.7 Å². The molecule has 0 aliphatic heterocycles. The molecule has 0 aliphatic rings. The summed E-state index contributed by atoms with van der Waals surface area (Å²) in [6.07, 6.45) is 3.49. The highest BCUT2D eigenvalue weighted by Crippen LogP contribution is 2.09. The number of nitrogens with one attached hydrogen (secondary N) is 2. The third-order valence-corrected chi connectivity index (χ3v) is 3.07. The van der Waals surface area contributed by atoms with Crippen LogP contribution in [-0.2, 0) is 11.3 Å². The molecule has 4 heteroatoms. The largest absolute Gasteiger partial charge is 0.325 e. The van der Waals surface area contributed by atoms with E-state index in [-0.39, 0.29) is 11.9 Å². The summed E-state index contributed by atoms with van der Waals surface area (Å²) in [4.78, 5) is 16.0.